The van der Waals surface area contributed by atoms with Crippen molar-refractivity contribution in [3.05, 3.63) is 65.0 Å². The number of hydrogen-bond donors (Lipinski definition) is 0. The number of alkyl halides is 2. The highest BCUT2D eigenvalue weighted by molar-refractivity contribution is 5.34. The molecule has 5 rings (SSSR count). The molecule has 2 aliphatic carbocycles. The van der Waals surface area contributed by atoms with Gasteiger partial charge in [-0.05, 0) is 111 Å². The molecule has 0 atom stereocenters. The van der Waals surface area contributed by atoms with Crippen molar-refractivity contribution >= 4 is 0 Å². The van der Waals surface area contributed by atoms with Crippen molar-refractivity contribution in [2.24, 2.45) is 23.7 Å². The van der Waals surface area contributed by atoms with Crippen LogP contribution in [0.3, 0.4) is 0 Å². The van der Waals surface area contributed by atoms with E-state index in [2.05, 4.69) is 6.92 Å². The molecule has 0 spiro atoms. The highest BCUT2D eigenvalue weighted by atomic mass is 19.3. The summed E-state index contributed by atoms with van der Waals surface area (Å²) in [5, 5.41) is 8.90. The Hall–Kier alpha value is -2.56. The molecule has 2 saturated carbocycles. The van der Waals surface area contributed by atoms with Gasteiger partial charge < -0.3 is 14.2 Å². The Morgan fingerprint density at radius 3 is 2.12 bits per heavy atom. The van der Waals surface area contributed by atoms with Crippen molar-refractivity contribution in [2.45, 2.75) is 102 Å². The summed E-state index contributed by atoms with van der Waals surface area (Å²) in [5.74, 6) is 0.646. The Bertz CT molecular complexity index is 1170. The lowest BCUT2D eigenvalue weighted by molar-refractivity contribution is -0.224. The Morgan fingerprint density at radius 1 is 0.881 bits per heavy atom. The van der Waals surface area contributed by atoms with Gasteiger partial charge in [0.2, 0.25) is 0 Å². The molecule has 1 saturated heterocycles. The molecule has 0 bridgehead atoms. The number of nitriles is 1. The van der Waals surface area contributed by atoms with E-state index in [9.17, 15) is 8.78 Å². The van der Waals surface area contributed by atoms with Gasteiger partial charge in [0.1, 0.15) is 11.6 Å². The molecule has 228 valence electrons. The number of ether oxygens (including phenoxy) is 3. The third kappa shape index (κ3) is 7.68. The number of unbranched alkanes of at least 4 members (excludes halogenated alkanes) is 2. The summed E-state index contributed by atoms with van der Waals surface area (Å²) in [4.78, 5) is 0. The maximum atomic E-state index is 15.3. The van der Waals surface area contributed by atoms with Crippen LogP contribution in [0.5, 0.6) is 5.75 Å². The van der Waals surface area contributed by atoms with Crippen molar-refractivity contribution in [3.63, 3.8) is 0 Å². The van der Waals surface area contributed by atoms with Gasteiger partial charge in [0.25, 0.3) is 0 Å². The van der Waals surface area contributed by atoms with Crippen molar-refractivity contribution in [1.82, 2.24) is 0 Å². The van der Waals surface area contributed by atoms with Crippen LogP contribution in [-0.2, 0) is 9.47 Å². The normalized spacial score (nSPS) is 28.6. The standard InChI is InChI=1S/C35H44F3NO3/c1-2-3-4-5-25-22-40-34(41-23-25)29-14-19-32(33(36)20-29)28-10-8-26(9-11-28)27-12-15-30(16-13-27)35(37,38)42-31-17-6-24(21-39)7-18-31/h6-7,14,17-20,25-28,30,34H,2-5,8-13,15-16,22-23H2,1H3. The molecule has 1 aliphatic heterocycles. The fraction of sp³-hybridized carbons (Fsp3) is 0.629. The fourth-order valence-corrected chi connectivity index (χ4v) is 7.27. The largest absolute Gasteiger partial charge is 0.432 e. The molecule has 2 aromatic carbocycles. The van der Waals surface area contributed by atoms with Crippen LogP contribution in [0.25, 0.3) is 0 Å². The van der Waals surface area contributed by atoms with Gasteiger partial charge in [-0.15, -0.1) is 0 Å². The zero-order valence-electron chi connectivity index (χ0n) is 24.7. The smallest absolute Gasteiger partial charge is 0.400 e. The predicted octanol–water partition coefficient (Wildman–Crippen LogP) is 9.69. The van der Waals surface area contributed by atoms with E-state index in [1.165, 1.54) is 43.5 Å². The van der Waals surface area contributed by atoms with E-state index in [1.807, 2.05) is 18.2 Å². The summed E-state index contributed by atoms with van der Waals surface area (Å²) in [6.07, 6.45) is 7.29. The third-order valence-electron chi connectivity index (χ3n) is 9.84. The van der Waals surface area contributed by atoms with E-state index in [-0.39, 0.29) is 17.5 Å². The number of benzene rings is 2. The van der Waals surface area contributed by atoms with Crippen LogP contribution in [0.15, 0.2) is 42.5 Å². The number of rotatable bonds is 10. The summed E-state index contributed by atoms with van der Waals surface area (Å²) < 4.78 is 62.0. The molecule has 3 fully saturated rings. The Morgan fingerprint density at radius 2 is 1.52 bits per heavy atom. The van der Waals surface area contributed by atoms with Gasteiger partial charge in [0.05, 0.1) is 30.8 Å². The average Bonchev–Trinajstić information content (AvgIpc) is 3.02. The van der Waals surface area contributed by atoms with E-state index in [1.54, 1.807) is 6.07 Å². The molecule has 42 heavy (non-hydrogen) atoms. The van der Waals surface area contributed by atoms with Crippen molar-refractivity contribution in [2.75, 3.05) is 13.2 Å². The minimum Gasteiger partial charge on any atom is -0.432 e. The van der Waals surface area contributed by atoms with Gasteiger partial charge in [0, 0.05) is 11.5 Å². The first-order valence-electron chi connectivity index (χ1n) is 16.0. The highest BCUT2D eigenvalue weighted by Gasteiger charge is 2.45. The molecule has 1 heterocycles. The van der Waals surface area contributed by atoms with Gasteiger partial charge in [-0.1, -0.05) is 38.3 Å². The molecule has 4 nitrogen and oxygen atoms in total. The SMILES string of the molecule is CCCCCC1COC(c2ccc(C3CCC(C4CCC(C(F)(F)Oc5ccc(C#N)cc5)CC4)CC3)c(F)c2)OC1. The first kappa shape index (κ1) is 30.9. The molecule has 2 aromatic rings. The molecule has 3 aliphatic rings. The molecule has 0 N–H and O–H groups in total. The quantitative estimate of drug-likeness (QED) is 0.261. The van der Waals surface area contributed by atoms with Crippen LogP contribution < -0.4 is 4.74 Å². The summed E-state index contributed by atoms with van der Waals surface area (Å²) in [5.41, 5.74) is 1.93. The molecule has 0 radical (unpaired) electrons. The maximum absolute atomic E-state index is 15.3. The maximum Gasteiger partial charge on any atom is 0.400 e. The van der Waals surface area contributed by atoms with Crippen LogP contribution in [0.2, 0.25) is 0 Å². The minimum absolute atomic E-state index is 0.0879. The molecular formula is C35H44F3NO3. The van der Waals surface area contributed by atoms with Crippen LogP contribution in [0.1, 0.15) is 113 Å². The van der Waals surface area contributed by atoms with Gasteiger partial charge in [-0.25, -0.2) is 4.39 Å². The van der Waals surface area contributed by atoms with Gasteiger partial charge in [0.15, 0.2) is 6.29 Å². The topological polar surface area (TPSA) is 51.5 Å². The third-order valence-corrected chi connectivity index (χ3v) is 9.84. The Kier molecular flexibility index (Phi) is 10.5. The zero-order chi connectivity index (χ0) is 29.5. The van der Waals surface area contributed by atoms with E-state index < -0.39 is 18.3 Å². The van der Waals surface area contributed by atoms with Gasteiger partial charge >= 0.3 is 6.11 Å². The zero-order valence-corrected chi connectivity index (χ0v) is 24.7. The summed E-state index contributed by atoms with van der Waals surface area (Å²) >= 11 is 0. The first-order chi connectivity index (χ1) is 20.4. The van der Waals surface area contributed by atoms with Crippen LogP contribution in [0.4, 0.5) is 13.2 Å². The lowest BCUT2D eigenvalue weighted by Gasteiger charge is -2.39. The Balaban J connectivity index is 1.06. The van der Waals surface area contributed by atoms with E-state index >= 15 is 4.39 Å². The highest BCUT2D eigenvalue weighted by Crippen LogP contribution is 2.47. The fourth-order valence-electron chi connectivity index (χ4n) is 7.27. The van der Waals surface area contributed by atoms with Gasteiger partial charge in [-0.2, -0.15) is 14.0 Å². The van der Waals surface area contributed by atoms with Crippen LogP contribution >= 0.6 is 0 Å². The van der Waals surface area contributed by atoms with Crippen molar-refractivity contribution in [1.29, 1.82) is 5.26 Å². The molecule has 0 amide bonds. The summed E-state index contributed by atoms with van der Waals surface area (Å²) in [6, 6.07) is 13.3. The van der Waals surface area contributed by atoms with Crippen molar-refractivity contribution < 1.29 is 27.4 Å². The predicted molar refractivity (Wildman–Crippen MR) is 156 cm³/mol. The number of halogens is 3. The second-order valence-corrected chi connectivity index (χ2v) is 12.7. The molecule has 7 heteroatoms. The van der Waals surface area contributed by atoms with Crippen LogP contribution in [-0.4, -0.2) is 19.3 Å². The monoisotopic (exact) mass is 583 g/mol. The second kappa shape index (κ2) is 14.3. The van der Waals surface area contributed by atoms with Crippen LogP contribution in [0, 0.1) is 40.8 Å². The molecule has 0 aromatic heterocycles. The summed E-state index contributed by atoms with van der Waals surface area (Å²) in [7, 11) is 0. The molecular weight excluding hydrogens is 539 g/mol. The van der Waals surface area contributed by atoms with E-state index in [4.69, 9.17) is 19.5 Å². The molecule has 0 unspecified atom stereocenters. The van der Waals surface area contributed by atoms with Gasteiger partial charge in [-0.3, -0.25) is 0 Å². The lowest BCUT2D eigenvalue weighted by atomic mass is 9.68. The average molecular weight is 584 g/mol. The lowest BCUT2D eigenvalue weighted by Crippen LogP contribution is -2.38. The Labute approximate surface area is 248 Å². The summed E-state index contributed by atoms with van der Waals surface area (Å²) in [6.45, 7) is 3.52. The van der Waals surface area contributed by atoms with E-state index in [0.717, 1.165) is 56.1 Å². The minimum atomic E-state index is -3.23. The van der Waals surface area contributed by atoms with E-state index in [0.29, 0.717) is 49.4 Å². The first-order valence-corrected chi connectivity index (χ1v) is 16.0. The number of nitrogens with zero attached hydrogens (tertiary/aromatic N) is 1. The number of hydrogen-bond acceptors (Lipinski definition) is 4. The second-order valence-electron chi connectivity index (χ2n) is 12.7. The van der Waals surface area contributed by atoms with Crippen molar-refractivity contribution in [3.8, 4) is 11.8 Å².